The minimum Gasteiger partial charge on any atom is -0.491 e. The first-order chi connectivity index (χ1) is 12.4. The number of halogens is 1. The van der Waals surface area contributed by atoms with E-state index in [9.17, 15) is 4.79 Å². The van der Waals surface area contributed by atoms with E-state index in [4.69, 9.17) is 21.1 Å². The van der Waals surface area contributed by atoms with Crippen LogP contribution < -0.4 is 14.8 Å². The molecule has 0 aromatic heterocycles. The van der Waals surface area contributed by atoms with Gasteiger partial charge in [0.1, 0.15) is 18.1 Å². The Labute approximate surface area is 160 Å². The molecule has 0 saturated heterocycles. The van der Waals surface area contributed by atoms with Crippen molar-refractivity contribution in [3.05, 3.63) is 58.1 Å². The molecule has 1 amide bonds. The highest BCUT2D eigenvalue weighted by Gasteiger charge is 2.18. The summed E-state index contributed by atoms with van der Waals surface area (Å²) in [7, 11) is 0. The quantitative estimate of drug-likeness (QED) is 0.685. The van der Waals surface area contributed by atoms with Gasteiger partial charge >= 0.3 is 0 Å². The van der Waals surface area contributed by atoms with Crippen LogP contribution in [0, 0.1) is 20.8 Å². The molecular weight excluding hydrogens is 350 g/mol. The number of ether oxygens (including phenoxy) is 2. The maximum atomic E-state index is 12.3. The van der Waals surface area contributed by atoms with E-state index in [-0.39, 0.29) is 5.91 Å². The molecule has 0 unspecified atom stereocenters. The predicted molar refractivity (Wildman–Crippen MR) is 105 cm³/mol. The van der Waals surface area contributed by atoms with Crippen LogP contribution in [0.3, 0.4) is 0 Å². The normalized spacial score (nSPS) is 11.7. The van der Waals surface area contributed by atoms with Crippen molar-refractivity contribution < 1.29 is 14.3 Å². The van der Waals surface area contributed by atoms with E-state index in [0.717, 1.165) is 22.4 Å². The Kier molecular flexibility index (Phi) is 7.34. The average Bonchev–Trinajstić information content (AvgIpc) is 2.62. The first-order valence-electron chi connectivity index (χ1n) is 8.81. The van der Waals surface area contributed by atoms with Crippen molar-refractivity contribution in [2.75, 3.05) is 13.2 Å². The fourth-order valence-corrected chi connectivity index (χ4v) is 2.61. The van der Waals surface area contributed by atoms with Gasteiger partial charge in [0.15, 0.2) is 6.10 Å². The number of amides is 1. The molecule has 0 aliphatic heterocycles. The van der Waals surface area contributed by atoms with E-state index < -0.39 is 6.10 Å². The number of carbonyl (C=O) groups excluding carboxylic acids is 1. The number of hydrogen-bond donors (Lipinski definition) is 1. The molecule has 5 heteroatoms. The van der Waals surface area contributed by atoms with Gasteiger partial charge in [-0.2, -0.15) is 0 Å². The third-order valence-electron chi connectivity index (χ3n) is 4.07. The number of aryl methyl sites for hydroxylation is 3. The summed E-state index contributed by atoms with van der Waals surface area (Å²) >= 11 is 6.02. The molecule has 0 heterocycles. The molecule has 26 heavy (non-hydrogen) atoms. The smallest absolute Gasteiger partial charge is 0.261 e. The molecule has 0 fully saturated rings. The van der Waals surface area contributed by atoms with E-state index in [1.807, 2.05) is 52.0 Å². The molecule has 0 spiro atoms. The number of hydrogen-bond acceptors (Lipinski definition) is 3. The Morgan fingerprint density at radius 2 is 1.88 bits per heavy atom. The largest absolute Gasteiger partial charge is 0.491 e. The van der Waals surface area contributed by atoms with Crippen molar-refractivity contribution in [1.82, 2.24) is 5.32 Å². The number of nitrogens with one attached hydrogen (secondary N) is 1. The zero-order valence-electron chi connectivity index (χ0n) is 15.8. The third kappa shape index (κ3) is 5.67. The average molecular weight is 376 g/mol. The minimum absolute atomic E-state index is 0.148. The molecular formula is C21H26ClNO3. The Morgan fingerprint density at radius 1 is 1.12 bits per heavy atom. The second kappa shape index (κ2) is 9.48. The highest BCUT2D eigenvalue weighted by Crippen LogP contribution is 2.22. The van der Waals surface area contributed by atoms with Crippen molar-refractivity contribution in [3.63, 3.8) is 0 Å². The second-order valence-corrected chi connectivity index (χ2v) is 6.74. The van der Waals surface area contributed by atoms with Gasteiger partial charge in [0, 0.05) is 5.02 Å². The summed E-state index contributed by atoms with van der Waals surface area (Å²) in [6, 6.07) is 11.5. The van der Waals surface area contributed by atoms with E-state index in [0.29, 0.717) is 30.3 Å². The fraction of sp³-hybridized carbons (Fsp3) is 0.381. The zero-order valence-corrected chi connectivity index (χ0v) is 16.5. The lowest BCUT2D eigenvalue weighted by molar-refractivity contribution is -0.128. The van der Waals surface area contributed by atoms with Crippen LogP contribution in [-0.4, -0.2) is 25.2 Å². The molecule has 2 rings (SSSR count). The van der Waals surface area contributed by atoms with E-state index >= 15 is 0 Å². The summed E-state index contributed by atoms with van der Waals surface area (Å²) < 4.78 is 11.6. The third-order valence-corrected chi connectivity index (χ3v) is 4.50. The summed E-state index contributed by atoms with van der Waals surface area (Å²) in [5.74, 6) is 1.34. The number of rotatable bonds is 8. The first kappa shape index (κ1) is 20.1. The molecule has 0 bridgehead atoms. The van der Waals surface area contributed by atoms with Crippen molar-refractivity contribution in [2.24, 2.45) is 0 Å². The van der Waals surface area contributed by atoms with Crippen LogP contribution in [0.25, 0.3) is 0 Å². The maximum Gasteiger partial charge on any atom is 0.261 e. The molecule has 1 N–H and O–H groups in total. The van der Waals surface area contributed by atoms with Crippen LogP contribution in [-0.2, 0) is 4.79 Å². The molecule has 0 aliphatic rings. The van der Waals surface area contributed by atoms with Crippen LogP contribution in [0.1, 0.15) is 30.0 Å². The Balaban J connectivity index is 1.83. The summed E-state index contributed by atoms with van der Waals surface area (Å²) in [6.07, 6.45) is 0.0296. The van der Waals surface area contributed by atoms with Gasteiger partial charge in [0.2, 0.25) is 0 Å². The first-order valence-corrected chi connectivity index (χ1v) is 9.19. The SMILES string of the molecule is CC[C@H](Oc1ccc(Cl)c(C)c1)C(=O)NCCOc1cc(C)ccc1C. The number of benzene rings is 2. The lowest BCUT2D eigenvalue weighted by atomic mass is 10.1. The lowest BCUT2D eigenvalue weighted by Gasteiger charge is -2.18. The van der Waals surface area contributed by atoms with Crippen LogP contribution in [0.5, 0.6) is 11.5 Å². The van der Waals surface area contributed by atoms with Gasteiger partial charge in [-0.1, -0.05) is 30.7 Å². The molecule has 0 aliphatic carbocycles. The number of carbonyl (C=O) groups is 1. The predicted octanol–water partition coefficient (Wildman–Crippen LogP) is 4.62. The second-order valence-electron chi connectivity index (χ2n) is 6.33. The van der Waals surface area contributed by atoms with Gasteiger partial charge in [-0.15, -0.1) is 0 Å². The van der Waals surface area contributed by atoms with Crippen LogP contribution in [0.2, 0.25) is 5.02 Å². The van der Waals surface area contributed by atoms with E-state index in [1.54, 1.807) is 12.1 Å². The summed E-state index contributed by atoms with van der Waals surface area (Å²) in [6.45, 7) is 8.68. The molecule has 0 radical (unpaired) electrons. The monoisotopic (exact) mass is 375 g/mol. The van der Waals surface area contributed by atoms with Gasteiger partial charge in [0.05, 0.1) is 6.54 Å². The van der Waals surface area contributed by atoms with Gasteiger partial charge in [-0.25, -0.2) is 0 Å². The highest BCUT2D eigenvalue weighted by molar-refractivity contribution is 6.31. The Morgan fingerprint density at radius 3 is 2.58 bits per heavy atom. The molecule has 0 saturated carbocycles. The van der Waals surface area contributed by atoms with Crippen LogP contribution in [0.4, 0.5) is 0 Å². The highest BCUT2D eigenvalue weighted by atomic mass is 35.5. The van der Waals surface area contributed by atoms with Gasteiger partial charge in [-0.3, -0.25) is 4.79 Å². The van der Waals surface area contributed by atoms with Crippen molar-refractivity contribution >= 4 is 17.5 Å². The molecule has 140 valence electrons. The Bertz CT molecular complexity index is 761. The van der Waals surface area contributed by atoms with Gasteiger partial charge in [-0.05, 0) is 68.1 Å². The Hall–Kier alpha value is -2.20. The molecule has 2 aromatic rings. The minimum atomic E-state index is -0.545. The molecule has 1 atom stereocenters. The van der Waals surface area contributed by atoms with E-state index in [2.05, 4.69) is 5.32 Å². The summed E-state index contributed by atoms with van der Waals surface area (Å²) in [4.78, 5) is 12.3. The summed E-state index contributed by atoms with van der Waals surface area (Å²) in [5.41, 5.74) is 3.14. The van der Waals surface area contributed by atoms with E-state index in [1.165, 1.54) is 0 Å². The van der Waals surface area contributed by atoms with Crippen molar-refractivity contribution in [2.45, 2.75) is 40.2 Å². The van der Waals surface area contributed by atoms with Crippen LogP contribution in [0.15, 0.2) is 36.4 Å². The molecule has 4 nitrogen and oxygen atoms in total. The standard InChI is InChI=1S/C21H26ClNO3/c1-5-19(26-17-8-9-18(22)16(4)13-17)21(24)23-10-11-25-20-12-14(2)6-7-15(20)3/h6-9,12-13,19H,5,10-11H2,1-4H3,(H,23,24)/t19-/m0/s1. The fourth-order valence-electron chi connectivity index (χ4n) is 2.49. The topological polar surface area (TPSA) is 47.6 Å². The maximum absolute atomic E-state index is 12.3. The zero-order chi connectivity index (χ0) is 19.1. The van der Waals surface area contributed by atoms with Gasteiger partial charge < -0.3 is 14.8 Å². The van der Waals surface area contributed by atoms with Gasteiger partial charge in [0.25, 0.3) is 5.91 Å². The van der Waals surface area contributed by atoms with Crippen molar-refractivity contribution in [1.29, 1.82) is 0 Å². The molecule has 2 aromatic carbocycles. The van der Waals surface area contributed by atoms with Crippen LogP contribution >= 0.6 is 11.6 Å². The van der Waals surface area contributed by atoms with Crippen molar-refractivity contribution in [3.8, 4) is 11.5 Å². The summed E-state index contributed by atoms with van der Waals surface area (Å²) in [5, 5.41) is 3.55. The lowest BCUT2D eigenvalue weighted by Crippen LogP contribution is -2.39.